The van der Waals surface area contributed by atoms with Gasteiger partial charge in [0.05, 0.1) is 7.11 Å². The van der Waals surface area contributed by atoms with E-state index in [-0.39, 0.29) is 35.6 Å². The number of piperidine rings is 1. The van der Waals surface area contributed by atoms with Crippen LogP contribution in [0.3, 0.4) is 0 Å². The van der Waals surface area contributed by atoms with Crippen molar-refractivity contribution < 1.29 is 19.1 Å². The number of methoxy groups -OCH3 is 1. The van der Waals surface area contributed by atoms with Gasteiger partial charge in [0.1, 0.15) is 11.8 Å². The van der Waals surface area contributed by atoms with E-state index < -0.39 is 6.04 Å². The van der Waals surface area contributed by atoms with E-state index in [1.54, 1.807) is 31.4 Å². The number of nitrogens with zero attached hydrogens (tertiary/aromatic N) is 1. The second-order valence-electron chi connectivity index (χ2n) is 8.99. The van der Waals surface area contributed by atoms with Crippen molar-refractivity contribution in [3.63, 3.8) is 0 Å². The molecule has 1 unspecified atom stereocenters. The predicted molar refractivity (Wildman–Crippen MR) is 119 cm³/mol. The summed E-state index contributed by atoms with van der Waals surface area (Å²) in [6, 6.07) is 6.19. The fourth-order valence-electron chi connectivity index (χ4n) is 4.62. The predicted octanol–water partition coefficient (Wildman–Crippen LogP) is 2.75. The molecule has 0 bridgehead atoms. The van der Waals surface area contributed by atoms with Gasteiger partial charge in [0.15, 0.2) is 0 Å². The first-order valence-corrected chi connectivity index (χ1v) is 11.4. The van der Waals surface area contributed by atoms with Crippen LogP contribution in [0.1, 0.15) is 62.7 Å². The molecule has 2 N–H and O–H groups in total. The average Bonchev–Trinajstić information content (AvgIpc) is 3.31. The number of nitrogens with one attached hydrogen (secondary N) is 2. The van der Waals surface area contributed by atoms with Crippen molar-refractivity contribution in [3.05, 3.63) is 29.8 Å². The number of ether oxygens (including phenoxy) is 1. The summed E-state index contributed by atoms with van der Waals surface area (Å²) in [6.07, 6.45) is 5.69. The molecule has 1 aliphatic heterocycles. The molecule has 1 atom stereocenters. The van der Waals surface area contributed by atoms with Crippen LogP contribution < -0.4 is 15.4 Å². The molecule has 3 amide bonds. The molecule has 2 fully saturated rings. The Kier molecular flexibility index (Phi) is 7.93. The van der Waals surface area contributed by atoms with Gasteiger partial charge in [-0.25, -0.2) is 0 Å². The third-order valence-electron chi connectivity index (χ3n) is 6.38. The molecular weight excluding hydrogens is 394 g/mol. The molecule has 1 saturated heterocycles. The highest BCUT2D eigenvalue weighted by atomic mass is 16.5. The van der Waals surface area contributed by atoms with Crippen LogP contribution in [0.15, 0.2) is 24.3 Å². The normalized spacial score (nSPS) is 18.6. The SMILES string of the molecule is COc1ccc(C(=O)NC(C(=O)NC(C)C)C2CCN(C(=O)C3CCCC3)CC2)cc1. The molecule has 7 nitrogen and oxygen atoms in total. The lowest BCUT2D eigenvalue weighted by Gasteiger charge is -2.37. The van der Waals surface area contributed by atoms with E-state index >= 15 is 0 Å². The number of hydrogen-bond acceptors (Lipinski definition) is 4. The zero-order valence-electron chi connectivity index (χ0n) is 18.9. The number of carbonyl (C=O) groups is 3. The monoisotopic (exact) mass is 429 g/mol. The minimum Gasteiger partial charge on any atom is -0.497 e. The molecule has 1 aromatic carbocycles. The molecular formula is C24H35N3O4. The minimum absolute atomic E-state index is 0.00595. The Morgan fingerprint density at radius 1 is 0.968 bits per heavy atom. The molecule has 0 aromatic heterocycles. The fourth-order valence-corrected chi connectivity index (χ4v) is 4.62. The van der Waals surface area contributed by atoms with Crippen molar-refractivity contribution >= 4 is 17.7 Å². The number of rotatable bonds is 7. The Morgan fingerprint density at radius 2 is 1.58 bits per heavy atom. The lowest BCUT2D eigenvalue weighted by molar-refractivity contribution is -0.137. The van der Waals surface area contributed by atoms with E-state index in [1.807, 2.05) is 18.7 Å². The van der Waals surface area contributed by atoms with Gasteiger partial charge in [-0.2, -0.15) is 0 Å². The van der Waals surface area contributed by atoms with Gasteiger partial charge in [0.2, 0.25) is 11.8 Å². The van der Waals surface area contributed by atoms with Crippen LogP contribution in [-0.2, 0) is 9.59 Å². The summed E-state index contributed by atoms with van der Waals surface area (Å²) >= 11 is 0. The largest absolute Gasteiger partial charge is 0.497 e. The van der Waals surface area contributed by atoms with Crippen molar-refractivity contribution in [3.8, 4) is 5.75 Å². The van der Waals surface area contributed by atoms with Crippen LogP contribution in [0, 0.1) is 11.8 Å². The van der Waals surface area contributed by atoms with E-state index in [1.165, 1.54) is 0 Å². The average molecular weight is 430 g/mol. The zero-order chi connectivity index (χ0) is 22.4. The van der Waals surface area contributed by atoms with Gasteiger partial charge in [0.25, 0.3) is 5.91 Å². The third-order valence-corrected chi connectivity index (χ3v) is 6.38. The number of likely N-dealkylation sites (tertiary alicyclic amines) is 1. The van der Waals surface area contributed by atoms with Crippen LogP contribution >= 0.6 is 0 Å². The molecule has 31 heavy (non-hydrogen) atoms. The summed E-state index contributed by atoms with van der Waals surface area (Å²) in [7, 11) is 1.57. The first kappa shape index (κ1) is 23.1. The van der Waals surface area contributed by atoms with E-state index in [0.29, 0.717) is 37.2 Å². The summed E-state index contributed by atoms with van der Waals surface area (Å²) in [6.45, 7) is 5.10. The van der Waals surface area contributed by atoms with E-state index in [4.69, 9.17) is 4.74 Å². The molecule has 0 radical (unpaired) electrons. The van der Waals surface area contributed by atoms with Gasteiger partial charge in [0, 0.05) is 30.6 Å². The molecule has 1 saturated carbocycles. The maximum absolute atomic E-state index is 12.9. The number of benzene rings is 1. The Morgan fingerprint density at radius 3 is 2.13 bits per heavy atom. The van der Waals surface area contributed by atoms with Crippen LogP contribution in [-0.4, -0.2) is 54.9 Å². The van der Waals surface area contributed by atoms with Gasteiger partial charge in [-0.15, -0.1) is 0 Å². The molecule has 1 heterocycles. The van der Waals surface area contributed by atoms with Gasteiger partial charge in [-0.1, -0.05) is 12.8 Å². The highest BCUT2D eigenvalue weighted by molar-refractivity contribution is 5.97. The van der Waals surface area contributed by atoms with Gasteiger partial charge in [-0.05, 0) is 69.7 Å². The van der Waals surface area contributed by atoms with E-state index in [0.717, 1.165) is 25.7 Å². The number of hydrogen-bond donors (Lipinski definition) is 2. The first-order valence-electron chi connectivity index (χ1n) is 11.4. The van der Waals surface area contributed by atoms with Crippen molar-refractivity contribution in [1.82, 2.24) is 15.5 Å². The molecule has 3 rings (SSSR count). The Hall–Kier alpha value is -2.57. The van der Waals surface area contributed by atoms with Gasteiger partial charge in [-0.3, -0.25) is 14.4 Å². The first-order chi connectivity index (χ1) is 14.9. The molecule has 1 aromatic rings. The fraction of sp³-hybridized carbons (Fsp3) is 0.625. The van der Waals surface area contributed by atoms with Crippen LogP contribution in [0.5, 0.6) is 5.75 Å². The molecule has 0 spiro atoms. The van der Waals surface area contributed by atoms with Crippen molar-refractivity contribution in [2.75, 3.05) is 20.2 Å². The highest BCUT2D eigenvalue weighted by Gasteiger charge is 2.36. The van der Waals surface area contributed by atoms with Crippen LogP contribution in [0.4, 0.5) is 0 Å². The summed E-state index contributed by atoms with van der Waals surface area (Å²) in [5.74, 6) is 0.653. The van der Waals surface area contributed by atoms with Crippen molar-refractivity contribution in [2.24, 2.45) is 11.8 Å². The summed E-state index contributed by atoms with van der Waals surface area (Å²) in [4.78, 5) is 40.4. The second-order valence-corrected chi connectivity index (χ2v) is 8.99. The van der Waals surface area contributed by atoms with Crippen molar-refractivity contribution in [1.29, 1.82) is 0 Å². The summed E-state index contributed by atoms with van der Waals surface area (Å²) in [5.41, 5.74) is 0.483. The number of amides is 3. The lowest BCUT2D eigenvalue weighted by Crippen LogP contribution is -2.55. The van der Waals surface area contributed by atoms with Crippen LogP contribution in [0.2, 0.25) is 0 Å². The lowest BCUT2D eigenvalue weighted by atomic mass is 9.87. The van der Waals surface area contributed by atoms with E-state index in [2.05, 4.69) is 10.6 Å². The summed E-state index contributed by atoms with van der Waals surface area (Å²) < 4.78 is 5.15. The Balaban J connectivity index is 1.65. The Bertz CT molecular complexity index is 764. The molecule has 7 heteroatoms. The zero-order valence-corrected chi connectivity index (χ0v) is 18.9. The molecule has 170 valence electrons. The van der Waals surface area contributed by atoms with Crippen molar-refractivity contribution in [2.45, 2.75) is 64.5 Å². The van der Waals surface area contributed by atoms with E-state index in [9.17, 15) is 14.4 Å². The molecule has 2 aliphatic rings. The third kappa shape index (κ3) is 5.99. The van der Waals surface area contributed by atoms with Crippen LogP contribution in [0.25, 0.3) is 0 Å². The maximum atomic E-state index is 12.9. The highest BCUT2D eigenvalue weighted by Crippen LogP contribution is 2.29. The maximum Gasteiger partial charge on any atom is 0.251 e. The smallest absolute Gasteiger partial charge is 0.251 e. The van der Waals surface area contributed by atoms with Gasteiger partial charge >= 0.3 is 0 Å². The second kappa shape index (κ2) is 10.6. The van der Waals surface area contributed by atoms with Gasteiger partial charge < -0.3 is 20.3 Å². The summed E-state index contributed by atoms with van der Waals surface area (Å²) in [5, 5.41) is 5.89. The standard InChI is InChI=1S/C24H35N3O4/c1-16(2)25-23(29)21(26-22(28)18-8-10-20(31-3)11-9-18)17-12-14-27(15-13-17)24(30)19-6-4-5-7-19/h8-11,16-17,19,21H,4-7,12-15H2,1-3H3,(H,25,29)(H,26,28). The topological polar surface area (TPSA) is 87.7 Å². The minimum atomic E-state index is -0.624. The number of carbonyl (C=O) groups excluding carboxylic acids is 3. The molecule has 1 aliphatic carbocycles. The quantitative estimate of drug-likeness (QED) is 0.698. The Labute approximate surface area is 184 Å².